The smallest absolute Gasteiger partial charge is 0.164 e. The van der Waals surface area contributed by atoms with Crippen molar-refractivity contribution in [3.63, 3.8) is 0 Å². The van der Waals surface area contributed by atoms with Crippen LogP contribution in [0.2, 0.25) is 0 Å². The van der Waals surface area contributed by atoms with Crippen LogP contribution in [-0.2, 0) is 0 Å². The summed E-state index contributed by atoms with van der Waals surface area (Å²) in [5.41, 5.74) is 15.3. The van der Waals surface area contributed by atoms with Crippen molar-refractivity contribution < 1.29 is 4.74 Å². The van der Waals surface area contributed by atoms with Gasteiger partial charge in [0.25, 0.3) is 0 Å². The zero-order valence-corrected chi connectivity index (χ0v) is 16.3. The van der Waals surface area contributed by atoms with E-state index in [2.05, 4.69) is 34.1 Å². The van der Waals surface area contributed by atoms with Crippen molar-refractivity contribution in [1.82, 2.24) is 15.0 Å². The van der Waals surface area contributed by atoms with Crippen molar-refractivity contribution in [2.45, 2.75) is 19.8 Å². The molecule has 4 aromatic rings. The van der Waals surface area contributed by atoms with E-state index in [0.29, 0.717) is 45.9 Å². The van der Waals surface area contributed by atoms with Gasteiger partial charge in [-0.05, 0) is 60.5 Å². The Morgan fingerprint density at radius 1 is 0.897 bits per heavy atom. The Bertz CT molecular complexity index is 1160. The normalized spacial score (nSPS) is 11.0. The van der Waals surface area contributed by atoms with Crippen molar-refractivity contribution in [2.24, 2.45) is 0 Å². The second-order valence-electron chi connectivity index (χ2n) is 7.04. The van der Waals surface area contributed by atoms with Crippen LogP contribution in [0.3, 0.4) is 0 Å². The van der Waals surface area contributed by atoms with E-state index >= 15 is 0 Å². The van der Waals surface area contributed by atoms with Crippen LogP contribution >= 0.6 is 0 Å². The van der Waals surface area contributed by atoms with Crippen molar-refractivity contribution >= 4 is 33.9 Å². The topological polar surface area (TPSA) is 112 Å². The molecule has 0 radical (unpaired) electrons. The van der Waals surface area contributed by atoms with E-state index in [9.17, 15) is 0 Å². The highest BCUT2D eigenvalue weighted by atomic mass is 16.5. The van der Waals surface area contributed by atoms with E-state index in [1.54, 1.807) is 24.3 Å². The first kappa shape index (κ1) is 18.5. The predicted molar refractivity (Wildman–Crippen MR) is 116 cm³/mol. The summed E-state index contributed by atoms with van der Waals surface area (Å²) in [5, 5.41) is 4.13. The second kappa shape index (κ2) is 7.63. The van der Waals surface area contributed by atoms with Gasteiger partial charge in [0, 0.05) is 17.1 Å². The molecule has 0 saturated heterocycles. The molecule has 2 heterocycles. The number of fused-ring (bicyclic) bond motifs is 1. The van der Waals surface area contributed by atoms with Gasteiger partial charge in [-0.2, -0.15) is 0 Å². The number of nitrogens with zero attached hydrogens (tertiary/aromatic N) is 3. The average Bonchev–Trinajstić information content (AvgIpc) is 2.71. The molecular weight excluding hydrogens is 364 g/mol. The van der Waals surface area contributed by atoms with Gasteiger partial charge in [0.1, 0.15) is 17.9 Å². The molecule has 0 bridgehead atoms. The lowest BCUT2D eigenvalue weighted by molar-refractivity contribution is 0.485. The molecule has 0 amide bonds. The lowest BCUT2D eigenvalue weighted by atomic mass is 10.1. The summed E-state index contributed by atoms with van der Waals surface area (Å²) in [7, 11) is 0. The SMILES string of the molecule is CC(C)c1ccc2c(Nc3cc(N)ccc3Oc3ccc(N)cc3)ncnc2n1. The Balaban J connectivity index is 1.70. The van der Waals surface area contributed by atoms with Gasteiger partial charge in [-0.3, -0.25) is 0 Å². The quantitative estimate of drug-likeness (QED) is 0.420. The zero-order chi connectivity index (χ0) is 20.4. The van der Waals surface area contributed by atoms with Gasteiger partial charge in [0.05, 0.1) is 11.1 Å². The number of hydrogen-bond acceptors (Lipinski definition) is 7. The van der Waals surface area contributed by atoms with Crippen LogP contribution in [0.15, 0.2) is 60.9 Å². The summed E-state index contributed by atoms with van der Waals surface area (Å²) in [5.74, 6) is 2.23. The minimum atomic E-state index is 0.319. The lowest BCUT2D eigenvalue weighted by Crippen LogP contribution is -2.01. The van der Waals surface area contributed by atoms with E-state index in [0.717, 1.165) is 11.1 Å². The monoisotopic (exact) mass is 386 g/mol. The number of pyridine rings is 1. The van der Waals surface area contributed by atoms with Crippen LogP contribution in [0.5, 0.6) is 11.5 Å². The molecule has 7 heteroatoms. The van der Waals surface area contributed by atoms with E-state index in [1.165, 1.54) is 6.33 Å². The summed E-state index contributed by atoms with van der Waals surface area (Å²) in [4.78, 5) is 13.3. The Kier molecular flexibility index (Phi) is 4.87. The predicted octanol–water partition coefficient (Wildman–Crippen LogP) is 4.85. The number of nitrogens with two attached hydrogens (primary N) is 2. The minimum absolute atomic E-state index is 0.319. The molecule has 4 rings (SSSR count). The van der Waals surface area contributed by atoms with Crippen molar-refractivity contribution in [3.8, 4) is 11.5 Å². The van der Waals surface area contributed by atoms with Crippen molar-refractivity contribution in [3.05, 3.63) is 66.6 Å². The number of rotatable bonds is 5. The standard InChI is InChI=1S/C22H22N6O/c1-13(2)18-9-8-17-21(27-18)25-12-26-22(17)28-19-11-15(24)5-10-20(19)29-16-6-3-14(23)4-7-16/h3-13H,23-24H2,1-2H3,(H,25,26,27,28). The Morgan fingerprint density at radius 2 is 1.66 bits per heavy atom. The molecule has 0 unspecified atom stereocenters. The number of nitrogen functional groups attached to an aromatic ring is 2. The molecule has 0 atom stereocenters. The maximum Gasteiger partial charge on any atom is 0.164 e. The van der Waals surface area contributed by atoms with E-state index in [-0.39, 0.29) is 0 Å². The van der Waals surface area contributed by atoms with Gasteiger partial charge in [0.2, 0.25) is 0 Å². The summed E-state index contributed by atoms with van der Waals surface area (Å²) >= 11 is 0. The third kappa shape index (κ3) is 4.03. The third-order valence-electron chi connectivity index (χ3n) is 4.47. The van der Waals surface area contributed by atoms with Gasteiger partial charge in [-0.15, -0.1) is 0 Å². The molecule has 0 aliphatic heterocycles. The summed E-state index contributed by atoms with van der Waals surface area (Å²) in [6.07, 6.45) is 1.49. The highest BCUT2D eigenvalue weighted by molar-refractivity contribution is 5.89. The molecule has 0 aliphatic carbocycles. The molecular formula is C22H22N6O. The number of ether oxygens (including phenoxy) is 1. The first-order chi connectivity index (χ1) is 14.0. The van der Waals surface area contributed by atoms with E-state index in [1.807, 2.05) is 30.3 Å². The van der Waals surface area contributed by atoms with Crippen LogP contribution in [0, 0.1) is 0 Å². The number of hydrogen-bond donors (Lipinski definition) is 3. The fourth-order valence-electron chi connectivity index (χ4n) is 2.90. The second-order valence-corrected chi connectivity index (χ2v) is 7.04. The van der Waals surface area contributed by atoms with Crippen LogP contribution in [0.25, 0.3) is 11.0 Å². The first-order valence-electron chi connectivity index (χ1n) is 9.31. The maximum atomic E-state index is 6.02. The lowest BCUT2D eigenvalue weighted by Gasteiger charge is -2.15. The van der Waals surface area contributed by atoms with Crippen LogP contribution < -0.4 is 21.5 Å². The molecule has 146 valence electrons. The van der Waals surface area contributed by atoms with Gasteiger partial charge < -0.3 is 21.5 Å². The van der Waals surface area contributed by atoms with Crippen LogP contribution in [0.4, 0.5) is 22.9 Å². The van der Waals surface area contributed by atoms with Crippen LogP contribution in [0.1, 0.15) is 25.5 Å². The zero-order valence-electron chi connectivity index (χ0n) is 16.3. The van der Waals surface area contributed by atoms with E-state index in [4.69, 9.17) is 16.2 Å². The molecule has 29 heavy (non-hydrogen) atoms. The third-order valence-corrected chi connectivity index (χ3v) is 4.47. The summed E-state index contributed by atoms with van der Waals surface area (Å²) < 4.78 is 6.02. The largest absolute Gasteiger partial charge is 0.455 e. The Labute approximate surface area is 168 Å². The Morgan fingerprint density at radius 3 is 2.41 bits per heavy atom. The van der Waals surface area contributed by atoms with Crippen LogP contribution in [-0.4, -0.2) is 15.0 Å². The number of nitrogens with one attached hydrogen (secondary N) is 1. The van der Waals surface area contributed by atoms with Crippen molar-refractivity contribution in [2.75, 3.05) is 16.8 Å². The molecule has 2 aromatic heterocycles. The number of anilines is 4. The van der Waals surface area contributed by atoms with Crippen molar-refractivity contribution in [1.29, 1.82) is 0 Å². The molecule has 2 aromatic carbocycles. The van der Waals surface area contributed by atoms with Gasteiger partial charge >= 0.3 is 0 Å². The van der Waals surface area contributed by atoms with Gasteiger partial charge in [-0.25, -0.2) is 15.0 Å². The minimum Gasteiger partial charge on any atom is -0.455 e. The fourth-order valence-corrected chi connectivity index (χ4v) is 2.90. The molecule has 7 nitrogen and oxygen atoms in total. The molecule has 0 aliphatic rings. The summed E-state index contributed by atoms with van der Waals surface area (Å²) in [6, 6.07) is 16.6. The van der Waals surface area contributed by atoms with E-state index < -0.39 is 0 Å². The highest BCUT2D eigenvalue weighted by Crippen LogP contribution is 2.34. The first-order valence-corrected chi connectivity index (χ1v) is 9.31. The molecule has 0 fully saturated rings. The molecule has 0 spiro atoms. The Hall–Kier alpha value is -3.87. The number of aromatic nitrogens is 3. The molecule has 5 N–H and O–H groups in total. The fraction of sp³-hybridized carbons (Fsp3) is 0.136. The van der Waals surface area contributed by atoms with Gasteiger partial charge in [-0.1, -0.05) is 13.8 Å². The summed E-state index contributed by atoms with van der Waals surface area (Å²) in [6.45, 7) is 4.20. The maximum absolute atomic E-state index is 6.02. The average molecular weight is 386 g/mol. The number of benzene rings is 2. The van der Waals surface area contributed by atoms with Gasteiger partial charge in [0.15, 0.2) is 11.4 Å². The molecule has 0 saturated carbocycles. The highest BCUT2D eigenvalue weighted by Gasteiger charge is 2.12.